The number of carbonyl (C=O) groups excluding carboxylic acids is 1. The van der Waals surface area contributed by atoms with E-state index in [1.54, 1.807) is 4.90 Å². The number of benzene rings is 3. The Balaban J connectivity index is 1.80. The lowest BCUT2D eigenvalue weighted by Gasteiger charge is -2.21. The molecule has 1 amide bonds. The van der Waals surface area contributed by atoms with Crippen LogP contribution in [0, 0.1) is 0 Å². The van der Waals surface area contributed by atoms with Gasteiger partial charge in [0.15, 0.2) is 0 Å². The number of nitrogens with zero attached hydrogens (tertiary/aromatic N) is 1. The minimum atomic E-state index is -0.0286. The van der Waals surface area contributed by atoms with Crippen molar-refractivity contribution >= 4 is 55.2 Å². The number of amides is 1. The molecule has 1 aliphatic heterocycles. The van der Waals surface area contributed by atoms with Crippen molar-refractivity contribution in [1.29, 1.82) is 0 Å². The molecular weight excluding hydrogens is 466 g/mol. The summed E-state index contributed by atoms with van der Waals surface area (Å²) in [4.78, 5) is 15.0. The topological polar surface area (TPSA) is 20.3 Å². The van der Waals surface area contributed by atoms with Crippen LogP contribution in [0.2, 0.25) is 0 Å². The SMILES string of the molecule is O=C1/C(=C/c2ccc(Br)cc2)C=C(c2ccccc2)N1c1ccc(Br)cc1. The smallest absolute Gasteiger partial charge is 0.262 e. The fourth-order valence-electron chi connectivity index (χ4n) is 3.02. The Hall–Kier alpha value is -2.43. The third-order valence-electron chi connectivity index (χ3n) is 4.33. The van der Waals surface area contributed by atoms with Gasteiger partial charge in [-0.2, -0.15) is 0 Å². The Labute approximate surface area is 175 Å². The highest BCUT2D eigenvalue weighted by molar-refractivity contribution is 9.10. The van der Waals surface area contributed by atoms with Crippen molar-refractivity contribution in [2.75, 3.05) is 4.90 Å². The first kappa shape index (κ1) is 18.0. The number of hydrogen-bond donors (Lipinski definition) is 0. The highest BCUT2D eigenvalue weighted by atomic mass is 79.9. The molecule has 2 nitrogen and oxygen atoms in total. The molecule has 0 atom stereocenters. The molecule has 1 heterocycles. The van der Waals surface area contributed by atoms with Crippen LogP contribution in [0.3, 0.4) is 0 Å². The molecule has 27 heavy (non-hydrogen) atoms. The summed E-state index contributed by atoms with van der Waals surface area (Å²) in [7, 11) is 0. The van der Waals surface area contributed by atoms with Crippen LogP contribution in [0.4, 0.5) is 5.69 Å². The Bertz CT molecular complexity index is 1040. The second-order valence-electron chi connectivity index (χ2n) is 6.16. The summed E-state index contributed by atoms with van der Waals surface area (Å²) >= 11 is 6.90. The van der Waals surface area contributed by atoms with Crippen molar-refractivity contribution in [3.05, 3.63) is 111 Å². The molecule has 0 N–H and O–H groups in total. The van der Waals surface area contributed by atoms with Crippen LogP contribution in [0.15, 0.2) is 99.5 Å². The van der Waals surface area contributed by atoms with Crippen LogP contribution in [0.5, 0.6) is 0 Å². The zero-order chi connectivity index (χ0) is 18.8. The third kappa shape index (κ3) is 3.82. The summed E-state index contributed by atoms with van der Waals surface area (Å²) in [6, 6.07) is 25.7. The lowest BCUT2D eigenvalue weighted by atomic mass is 10.1. The van der Waals surface area contributed by atoms with E-state index >= 15 is 0 Å². The molecule has 4 rings (SSSR count). The molecule has 3 aromatic rings. The standard InChI is InChI=1S/C23H15Br2NO/c24-19-8-6-16(7-9-19)14-18-15-22(17-4-2-1-3-5-17)26(23(18)27)21-12-10-20(25)11-13-21/h1-15H/b18-14+. The van der Waals surface area contributed by atoms with Gasteiger partial charge < -0.3 is 0 Å². The number of hydrogen-bond acceptors (Lipinski definition) is 1. The molecule has 0 spiro atoms. The van der Waals surface area contributed by atoms with Crippen LogP contribution in [-0.4, -0.2) is 5.91 Å². The molecule has 0 radical (unpaired) electrons. The van der Waals surface area contributed by atoms with Crippen LogP contribution in [0.25, 0.3) is 11.8 Å². The number of carbonyl (C=O) groups is 1. The minimum absolute atomic E-state index is 0.0286. The van der Waals surface area contributed by atoms with Gasteiger partial charge in [-0.1, -0.05) is 74.3 Å². The summed E-state index contributed by atoms with van der Waals surface area (Å²) in [5, 5.41) is 0. The second kappa shape index (κ2) is 7.67. The molecule has 0 fully saturated rings. The van der Waals surface area contributed by atoms with Crippen LogP contribution in [-0.2, 0) is 4.79 Å². The Kier molecular flexibility index (Phi) is 5.10. The van der Waals surface area contributed by atoms with Crippen LogP contribution in [0.1, 0.15) is 11.1 Å². The highest BCUT2D eigenvalue weighted by Crippen LogP contribution is 2.35. The van der Waals surface area contributed by atoms with Gasteiger partial charge in [0.05, 0.1) is 5.70 Å². The van der Waals surface area contributed by atoms with E-state index in [0.717, 1.165) is 31.5 Å². The molecule has 0 aromatic heterocycles. The molecule has 0 aliphatic carbocycles. The Morgan fingerprint density at radius 2 is 1.33 bits per heavy atom. The maximum absolute atomic E-state index is 13.2. The fraction of sp³-hybridized carbons (Fsp3) is 0. The predicted molar refractivity (Wildman–Crippen MR) is 118 cm³/mol. The summed E-state index contributed by atoms with van der Waals surface area (Å²) in [5.41, 5.74) is 4.39. The lowest BCUT2D eigenvalue weighted by Crippen LogP contribution is -2.24. The number of rotatable bonds is 3. The second-order valence-corrected chi connectivity index (χ2v) is 8.00. The van der Waals surface area contributed by atoms with Crippen molar-refractivity contribution in [3.8, 4) is 0 Å². The Morgan fingerprint density at radius 3 is 1.96 bits per heavy atom. The average Bonchev–Trinajstić information content (AvgIpc) is 3.01. The molecule has 0 unspecified atom stereocenters. The summed E-state index contributed by atoms with van der Waals surface area (Å²) in [6.45, 7) is 0. The van der Waals surface area contributed by atoms with E-state index in [2.05, 4.69) is 31.9 Å². The zero-order valence-electron chi connectivity index (χ0n) is 14.3. The number of anilines is 1. The van der Waals surface area contributed by atoms with E-state index in [4.69, 9.17) is 0 Å². The van der Waals surface area contributed by atoms with Gasteiger partial charge >= 0.3 is 0 Å². The summed E-state index contributed by atoms with van der Waals surface area (Å²) in [5.74, 6) is -0.0286. The Morgan fingerprint density at radius 1 is 0.741 bits per heavy atom. The van der Waals surface area contributed by atoms with Crippen molar-refractivity contribution in [3.63, 3.8) is 0 Å². The van der Waals surface area contributed by atoms with Gasteiger partial charge in [-0.05, 0) is 59.7 Å². The molecule has 0 saturated heterocycles. The summed E-state index contributed by atoms with van der Waals surface area (Å²) in [6.07, 6.45) is 3.89. The van der Waals surface area contributed by atoms with E-state index in [0.29, 0.717) is 5.57 Å². The maximum Gasteiger partial charge on any atom is 0.262 e. The molecular formula is C23H15Br2NO. The molecule has 0 saturated carbocycles. The normalized spacial score (nSPS) is 15.3. The van der Waals surface area contributed by atoms with Crippen LogP contribution < -0.4 is 4.90 Å². The molecule has 1 aliphatic rings. The number of halogens is 2. The first-order chi connectivity index (χ1) is 13.1. The van der Waals surface area contributed by atoms with E-state index in [-0.39, 0.29) is 5.91 Å². The molecule has 0 bridgehead atoms. The van der Waals surface area contributed by atoms with Crippen molar-refractivity contribution in [1.82, 2.24) is 0 Å². The van der Waals surface area contributed by atoms with Crippen molar-refractivity contribution in [2.45, 2.75) is 0 Å². The first-order valence-corrected chi connectivity index (χ1v) is 10.0. The van der Waals surface area contributed by atoms with E-state index in [1.165, 1.54) is 0 Å². The van der Waals surface area contributed by atoms with Gasteiger partial charge in [0, 0.05) is 20.2 Å². The minimum Gasteiger partial charge on any atom is -0.276 e. The largest absolute Gasteiger partial charge is 0.276 e. The van der Waals surface area contributed by atoms with Gasteiger partial charge in [-0.15, -0.1) is 0 Å². The van der Waals surface area contributed by atoms with Gasteiger partial charge in [0.1, 0.15) is 0 Å². The summed E-state index contributed by atoms with van der Waals surface area (Å²) < 4.78 is 1.99. The molecule has 4 heteroatoms. The van der Waals surface area contributed by atoms with E-state index in [9.17, 15) is 4.79 Å². The monoisotopic (exact) mass is 479 g/mol. The highest BCUT2D eigenvalue weighted by Gasteiger charge is 2.30. The zero-order valence-corrected chi connectivity index (χ0v) is 17.4. The lowest BCUT2D eigenvalue weighted by molar-refractivity contribution is -0.113. The molecule has 132 valence electrons. The van der Waals surface area contributed by atoms with Gasteiger partial charge in [-0.25, -0.2) is 0 Å². The van der Waals surface area contributed by atoms with Crippen molar-refractivity contribution in [2.24, 2.45) is 0 Å². The first-order valence-electron chi connectivity index (χ1n) is 8.46. The molecule has 3 aromatic carbocycles. The van der Waals surface area contributed by atoms with Gasteiger partial charge in [-0.3, -0.25) is 9.69 Å². The van der Waals surface area contributed by atoms with Gasteiger partial charge in [0.2, 0.25) is 0 Å². The average molecular weight is 481 g/mol. The fourth-order valence-corrected chi connectivity index (χ4v) is 3.55. The van der Waals surface area contributed by atoms with E-state index < -0.39 is 0 Å². The van der Waals surface area contributed by atoms with E-state index in [1.807, 2.05) is 91.0 Å². The van der Waals surface area contributed by atoms with Crippen molar-refractivity contribution < 1.29 is 4.79 Å². The predicted octanol–water partition coefficient (Wildman–Crippen LogP) is 6.68. The maximum atomic E-state index is 13.2. The van der Waals surface area contributed by atoms with Gasteiger partial charge in [0.25, 0.3) is 5.91 Å². The quantitative estimate of drug-likeness (QED) is 0.382. The third-order valence-corrected chi connectivity index (χ3v) is 5.39. The van der Waals surface area contributed by atoms with Crippen LogP contribution >= 0.6 is 31.9 Å².